The molecule has 2 N–H and O–H groups in total. The Hall–Kier alpha value is -5.56. The summed E-state index contributed by atoms with van der Waals surface area (Å²) in [5, 5.41) is 29.2. The average molecular weight is 683 g/mol. The summed E-state index contributed by atoms with van der Waals surface area (Å²) in [5.41, 5.74) is 6.99. The lowest BCUT2D eigenvalue weighted by Crippen LogP contribution is -2.40. The summed E-state index contributed by atoms with van der Waals surface area (Å²) >= 11 is 4.92. The van der Waals surface area contributed by atoms with Crippen LogP contribution in [-0.2, 0) is 19.1 Å². The molecule has 254 valence electrons. The van der Waals surface area contributed by atoms with Crippen molar-refractivity contribution >= 4 is 46.3 Å². The molecule has 0 aliphatic heterocycles. The molecule has 0 atom stereocenters. The van der Waals surface area contributed by atoms with Crippen molar-refractivity contribution in [3.63, 3.8) is 0 Å². The largest absolute Gasteiger partial charge is 0.414 e. The molecule has 0 radical (unpaired) electrons. The van der Waals surface area contributed by atoms with Gasteiger partial charge in [0.05, 0.1) is 36.2 Å². The van der Waals surface area contributed by atoms with E-state index in [0.717, 1.165) is 0 Å². The normalized spacial score (nSPS) is 9.83. The van der Waals surface area contributed by atoms with Gasteiger partial charge in [-0.15, -0.1) is 0 Å². The van der Waals surface area contributed by atoms with Gasteiger partial charge < -0.3 is 34.5 Å². The van der Waals surface area contributed by atoms with Crippen LogP contribution in [0, 0.1) is 20.2 Å². The van der Waals surface area contributed by atoms with E-state index in [9.17, 15) is 39.4 Å². The van der Waals surface area contributed by atoms with E-state index in [4.69, 9.17) is 31.3 Å². The lowest BCUT2D eigenvalue weighted by molar-refractivity contribution is -0.385. The van der Waals surface area contributed by atoms with Crippen LogP contribution in [0.3, 0.4) is 0 Å². The Kier molecular flexibility index (Phi) is 19.2. The number of hydrogen-bond donors (Lipinski definition) is 2. The first-order valence-corrected chi connectivity index (χ1v) is 13.8. The van der Waals surface area contributed by atoms with Crippen LogP contribution in [0.2, 0.25) is 0 Å². The van der Waals surface area contributed by atoms with E-state index >= 15 is 0 Å². The van der Waals surface area contributed by atoms with Gasteiger partial charge in [0.25, 0.3) is 11.4 Å². The molecule has 47 heavy (non-hydrogen) atoms. The third-order valence-electron chi connectivity index (χ3n) is 5.24. The van der Waals surface area contributed by atoms with E-state index in [1.807, 2.05) is 0 Å². The van der Waals surface area contributed by atoms with Crippen molar-refractivity contribution in [3.8, 4) is 11.5 Å². The quantitative estimate of drug-likeness (QED) is 0.0436. The van der Waals surface area contributed by atoms with Crippen LogP contribution >= 0.6 is 11.6 Å². The first kappa shape index (κ1) is 39.5. The Morgan fingerprint density at radius 2 is 1.43 bits per heavy atom. The number of non-ortho nitro benzene ring substituents is 2. The molecule has 0 spiro atoms. The SMILES string of the molecule is CN(CC(=O)NCCCN=[N+]=[N-])C(=O)COCCOCCNC(=O)Oc1ccc([N+](=O)[O-])cc1.O=C(Cl)Oc1ccc([N+](=O)[O-])cc1. The Morgan fingerprint density at radius 1 is 0.872 bits per heavy atom. The topological polar surface area (TPSA) is 268 Å². The summed E-state index contributed by atoms with van der Waals surface area (Å²) in [5.74, 6) is -0.375. The second-order valence-corrected chi connectivity index (χ2v) is 9.04. The van der Waals surface area contributed by atoms with Crippen LogP contribution in [0.15, 0.2) is 53.6 Å². The number of rotatable bonds is 18. The van der Waals surface area contributed by atoms with E-state index in [2.05, 4.69) is 25.4 Å². The summed E-state index contributed by atoms with van der Waals surface area (Å²) in [6.07, 6.45) is -0.227. The average Bonchev–Trinajstić information content (AvgIpc) is 3.02. The molecule has 2 rings (SSSR count). The number of carbonyl (C=O) groups is 4. The van der Waals surface area contributed by atoms with Crippen molar-refractivity contribution in [3.05, 3.63) is 79.2 Å². The van der Waals surface area contributed by atoms with Gasteiger partial charge in [-0.05, 0) is 36.2 Å². The first-order chi connectivity index (χ1) is 22.4. The summed E-state index contributed by atoms with van der Waals surface area (Å²) in [6.45, 7) is 0.935. The Balaban J connectivity index is 0.000000704. The standard InChI is InChI=1S/C19H27N7O8.C7H4ClNO4/c1-25(13-17(27)21-7-2-8-23-24-20)18(28)14-33-12-11-32-10-9-22-19(29)34-16-5-3-15(4-6-16)26(30)31;8-7(10)13-6-3-1-5(2-4-6)9(11)12/h3-6H,2,7-14H2,1H3,(H,21,27)(H,22,29);1-4H. The predicted octanol–water partition coefficient (Wildman–Crippen LogP) is 3.32. The van der Waals surface area contributed by atoms with Crippen LogP contribution in [0.1, 0.15) is 6.42 Å². The number of nitro groups is 2. The molecule has 0 saturated heterocycles. The zero-order chi connectivity index (χ0) is 35.0. The van der Waals surface area contributed by atoms with Crippen molar-refractivity contribution < 1.29 is 48.0 Å². The second-order valence-electron chi connectivity index (χ2n) is 8.73. The van der Waals surface area contributed by atoms with Gasteiger partial charge in [-0.2, -0.15) is 0 Å². The van der Waals surface area contributed by atoms with Crippen molar-refractivity contribution in [1.82, 2.24) is 15.5 Å². The fourth-order valence-electron chi connectivity index (χ4n) is 3.00. The van der Waals surface area contributed by atoms with Gasteiger partial charge in [-0.1, -0.05) is 5.11 Å². The highest BCUT2D eigenvalue weighted by Crippen LogP contribution is 2.18. The maximum atomic E-state index is 11.9. The van der Waals surface area contributed by atoms with Gasteiger partial charge in [-0.25, -0.2) is 9.59 Å². The minimum atomic E-state index is -0.978. The summed E-state index contributed by atoms with van der Waals surface area (Å²) in [7, 11) is 1.48. The number of likely N-dealkylation sites (N-methyl/N-ethyl adjacent to an activating group) is 1. The number of hydrogen-bond acceptors (Lipinski definition) is 13. The molecule has 0 fully saturated rings. The summed E-state index contributed by atoms with van der Waals surface area (Å²) < 4.78 is 19.9. The number of carbonyl (C=O) groups excluding carboxylic acids is 4. The number of nitrogens with zero attached hydrogens (tertiary/aromatic N) is 6. The maximum absolute atomic E-state index is 11.9. The molecule has 0 bridgehead atoms. The molecule has 0 saturated carbocycles. The van der Waals surface area contributed by atoms with Crippen LogP contribution < -0.4 is 20.1 Å². The third-order valence-corrected chi connectivity index (χ3v) is 5.32. The smallest absolute Gasteiger partial charge is 0.412 e. The fraction of sp³-hybridized carbons (Fsp3) is 0.385. The van der Waals surface area contributed by atoms with Crippen LogP contribution in [0.4, 0.5) is 21.0 Å². The van der Waals surface area contributed by atoms with Gasteiger partial charge in [0.15, 0.2) is 0 Å². The number of nitro benzene ring substituents is 2. The second kappa shape index (κ2) is 22.9. The van der Waals surface area contributed by atoms with Crippen LogP contribution in [-0.4, -0.2) is 97.7 Å². The Bertz CT molecular complexity index is 1390. The summed E-state index contributed by atoms with van der Waals surface area (Å²) in [6, 6.07) is 10.1. The maximum Gasteiger partial charge on any atom is 0.412 e. The van der Waals surface area contributed by atoms with Crippen molar-refractivity contribution in [2.24, 2.45) is 5.11 Å². The molecule has 0 unspecified atom stereocenters. The molecule has 21 heteroatoms. The molecule has 0 heterocycles. The number of nitrogens with one attached hydrogen (secondary N) is 2. The van der Waals surface area contributed by atoms with Crippen molar-refractivity contribution in [2.75, 3.05) is 59.7 Å². The molecular formula is C26H31ClN8O12. The molecule has 2 aromatic rings. The third kappa shape index (κ3) is 18.8. The van der Waals surface area contributed by atoms with Crippen LogP contribution in [0.5, 0.6) is 11.5 Å². The molecule has 0 aliphatic rings. The van der Waals surface area contributed by atoms with Gasteiger partial charge in [0.2, 0.25) is 11.8 Å². The van der Waals surface area contributed by atoms with Crippen molar-refractivity contribution in [2.45, 2.75) is 6.42 Å². The molecule has 0 aliphatic carbocycles. The van der Waals surface area contributed by atoms with Crippen LogP contribution in [0.25, 0.3) is 10.4 Å². The monoisotopic (exact) mass is 682 g/mol. The minimum Gasteiger partial charge on any atom is -0.414 e. The minimum absolute atomic E-state index is 0.0747. The highest BCUT2D eigenvalue weighted by Gasteiger charge is 2.13. The predicted molar refractivity (Wildman–Crippen MR) is 163 cm³/mol. The van der Waals surface area contributed by atoms with Crippen molar-refractivity contribution in [1.29, 1.82) is 0 Å². The zero-order valence-corrected chi connectivity index (χ0v) is 25.7. The fourth-order valence-corrected chi connectivity index (χ4v) is 3.09. The van der Waals surface area contributed by atoms with Gasteiger partial charge in [-0.3, -0.25) is 29.8 Å². The lowest BCUT2D eigenvalue weighted by Gasteiger charge is -2.16. The zero-order valence-electron chi connectivity index (χ0n) is 24.9. The molecular weight excluding hydrogens is 652 g/mol. The number of ether oxygens (including phenoxy) is 4. The summed E-state index contributed by atoms with van der Waals surface area (Å²) in [4.78, 5) is 69.1. The van der Waals surface area contributed by atoms with Gasteiger partial charge in [0, 0.05) is 67.5 Å². The Morgan fingerprint density at radius 3 is 1.96 bits per heavy atom. The highest BCUT2D eigenvalue weighted by molar-refractivity contribution is 6.61. The lowest BCUT2D eigenvalue weighted by atomic mass is 10.3. The van der Waals surface area contributed by atoms with Gasteiger partial charge >= 0.3 is 11.5 Å². The molecule has 20 nitrogen and oxygen atoms in total. The van der Waals surface area contributed by atoms with Gasteiger partial charge in [0.1, 0.15) is 18.1 Å². The molecule has 3 amide bonds. The number of benzene rings is 2. The van der Waals surface area contributed by atoms with E-state index in [1.54, 1.807) is 0 Å². The highest BCUT2D eigenvalue weighted by atomic mass is 35.5. The van der Waals surface area contributed by atoms with E-state index in [1.165, 1.54) is 60.5 Å². The molecule has 0 aromatic heterocycles. The number of azide groups is 1. The molecule has 2 aromatic carbocycles. The number of amides is 3. The number of halogens is 1. The Labute approximate surface area is 271 Å². The van der Waals surface area contributed by atoms with E-state index in [-0.39, 0.29) is 80.7 Å². The first-order valence-electron chi connectivity index (χ1n) is 13.4. The van der Waals surface area contributed by atoms with E-state index < -0.39 is 21.4 Å². The van der Waals surface area contributed by atoms with E-state index in [0.29, 0.717) is 13.0 Å².